The van der Waals surface area contributed by atoms with Crippen LogP contribution in [-0.2, 0) is 9.26 Å². The van der Waals surface area contributed by atoms with Crippen molar-refractivity contribution in [2.45, 2.75) is 25.7 Å². The smallest absolute Gasteiger partial charge is 0.147 e. The summed E-state index contributed by atoms with van der Waals surface area (Å²) < 4.78 is 13.1. The third-order valence-electron chi connectivity index (χ3n) is 3.55. The Hall–Kier alpha value is -1.23. The van der Waals surface area contributed by atoms with Crippen molar-refractivity contribution in [2.75, 3.05) is 12.3 Å². The molecule has 3 rings (SSSR count). The van der Waals surface area contributed by atoms with Crippen LogP contribution in [0.3, 0.4) is 0 Å². The molecule has 1 saturated heterocycles. The van der Waals surface area contributed by atoms with Crippen molar-refractivity contribution < 1.29 is 9.26 Å². The Morgan fingerprint density at radius 3 is 3.21 bits per heavy atom. The number of nitrogens with two attached hydrogens (primary N) is 1. The molecule has 0 radical (unpaired) electrons. The van der Waals surface area contributed by atoms with E-state index in [-0.39, 0.29) is 12.3 Å². The van der Waals surface area contributed by atoms with Gasteiger partial charge in [0.25, 0.3) is 0 Å². The van der Waals surface area contributed by atoms with Gasteiger partial charge >= 0.3 is 0 Å². The second-order valence-corrected chi connectivity index (χ2v) is 5.25. The van der Waals surface area contributed by atoms with Crippen LogP contribution in [0, 0.1) is 5.92 Å². The second-order valence-electron chi connectivity index (χ2n) is 4.91. The predicted octanol–water partition coefficient (Wildman–Crippen LogP) is 1.74. The molecule has 4 unspecified atom stereocenters. The standard InChI is InChI=1S/C12H17N4O2P/c1-7-4-8(5-17-19)18-12(7)16-3-2-9-10(13)14-6-15-11(9)16/h2-3,6-8,12H,4-5,19H2,1H3,(H2,13,14,15). The van der Waals surface area contributed by atoms with Gasteiger partial charge in [-0.1, -0.05) is 6.92 Å². The van der Waals surface area contributed by atoms with Crippen LogP contribution < -0.4 is 5.73 Å². The lowest BCUT2D eigenvalue weighted by Crippen LogP contribution is -2.15. The molecule has 1 fully saturated rings. The Morgan fingerprint density at radius 1 is 1.58 bits per heavy atom. The van der Waals surface area contributed by atoms with Gasteiger partial charge in [0.2, 0.25) is 0 Å². The molecule has 0 bridgehead atoms. The molecule has 0 aliphatic carbocycles. The highest BCUT2D eigenvalue weighted by Gasteiger charge is 2.34. The highest BCUT2D eigenvalue weighted by atomic mass is 31.0. The molecule has 0 saturated carbocycles. The molecule has 19 heavy (non-hydrogen) atoms. The van der Waals surface area contributed by atoms with E-state index in [1.54, 1.807) is 0 Å². The fraction of sp³-hybridized carbons (Fsp3) is 0.500. The van der Waals surface area contributed by atoms with Crippen molar-refractivity contribution >= 4 is 26.3 Å². The summed E-state index contributed by atoms with van der Waals surface area (Å²) in [6.07, 6.45) is 4.50. The highest BCUT2D eigenvalue weighted by molar-refractivity contribution is 7.09. The fourth-order valence-electron chi connectivity index (χ4n) is 2.67. The average Bonchev–Trinajstić information content (AvgIpc) is 2.94. The van der Waals surface area contributed by atoms with Crippen molar-refractivity contribution in [2.24, 2.45) is 5.92 Å². The van der Waals surface area contributed by atoms with E-state index in [0.717, 1.165) is 17.5 Å². The van der Waals surface area contributed by atoms with Crippen molar-refractivity contribution in [1.29, 1.82) is 0 Å². The zero-order valence-electron chi connectivity index (χ0n) is 10.7. The number of nitrogens with zero attached hydrogens (tertiary/aromatic N) is 3. The normalized spacial score (nSPS) is 27.2. The molecule has 2 N–H and O–H groups in total. The van der Waals surface area contributed by atoms with Gasteiger partial charge in [0.05, 0.1) is 18.1 Å². The Labute approximate surface area is 113 Å². The van der Waals surface area contributed by atoms with E-state index in [2.05, 4.69) is 26.4 Å². The summed E-state index contributed by atoms with van der Waals surface area (Å²) in [6, 6.07) is 1.93. The lowest BCUT2D eigenvalue weighted by atomic mass is 10.1. The quantitative estimate of drug-likeness (QED) is 0.867. The molecule has 7 heteroatoms. The lowest BCUT2D eigenvalue weighted by Gasteiger charge is -2.18. The minimum atomic E-state index is -0.0306. The summed E-state index contributed by atoms with van der Waals surface area (Å²) in [7, 11) is 2.26. The molecule has 2 aromatic heterocycles. The maximum absolute atomic E-state index is 6.03. The van der Waals surface area contributed by atoms with Crippen LogP contribution in [0.1, 0.15) is 19.6 Å². The third-order valence-corrected chi connectivity index (χ3v) is 3.74. The van der Waals surface area contributed by atoms with Gasteiger partial charge in [-0.25, -0.2) is 9.97 Å². The highest BCUT2D eigenvalue weighted by Crippen LogP contribution is 2.36. The van der Waals surface area contributed by atoms with E-state index < -0.39 is 0 Å². The molecular formula is C12H17N4O2P. The summed E-state index contributed by atoms with van der Waals surface area (Å²) in [6.45, 7) is 2.76. The predicted molar refractivity (Wildman–Crippen MR) is 75.3 cm³/mol. The number of hydrogen-bond donors (Lipinski definition) is 1. The lowest BCUT2D eigenvalue weighted by molar-refractivity contribution is -0.0225. The molecule has 1 aliphatic rings. The number of ether oxygens (including phenoxy) is 1. The zero-order chi connectivity index (χ0) is 13.4. The maximum Gasteiger partial charge on any atom is 0.147 e. The number of anilines is 1. The number of aromatic nitrogens is 3. The first-order chi connectivity index (χ1) is 9.20. The molecule has 0 spiro atoms. The van der Waals surface area contributed by atoms with Crippen LogP contribution in [-0.4, -0.2) is 27.2 Å². The molecule has 102 valence electrons. The monoisotopic (exact) mass is 280 g/mol. The van der Waals surface area contributed by atoms with E-state index in [1.165, 1.54) is 6.33 Å². The molecule has 0 aromatic carbocycles. The van der Waals surface area contributed by atoms with Gasteiger partial charge in [0.15, 0.2) is 0 Å². The number of nitrogen functional groups attached to an aromatic ring is 1. The number of hydrogen-bond acceptors (Lipinski definition) is 5. The van der Waals surface area contributed by atoms with E-state index in [9.17, 15) is 0 Å². The number of rotatable bonds is 3. The van der Waals surface area contributed by atoms with Crippen molar-refractivity contribution in [3.8, 4) is 0 Å². The largest absolute Gasteiger partial charge is 0.383 e. The Balaban J connectivity index is 1.94. The van der Waals surface area contributed by atoms with Crippen molar-refractivity contribution in [3.63, 3.8) is 0 Å². The number of fused-ring (bicyclic) bond motifs is 1. The van der Waals surface area contributed by atoms with Gasteiger partial charge in [-0.05, 0) is 12.5 Å². The van der Waals surface area contributed by atoms with E-state index >= 15 is 0 Å². The van der Waals surface area contributed by atoms with E-state index in [4.69, 9.17) is 15.0 Å². The van der Waals surface area contributed by atoms with Crippen LogP contribution in [0.15, 0.2) is 18.6 Å². The molecule has 1 aliphatic heterocycles. The topological polar surface area (TPSA) is 75.2 Å². The van der Waals surface area contributed by atoms with Crippen LogP contribution >= 0.6 is 9.47 Å². The van der Waals surface area contributed by atoms with Gasteiger partial charge in [-0.3, -0.25) is 0 Å². The zero-order valence-corrected chi connectivity index (χ0v) is 11.8. The minimum Gasteiger partial charge on any atom is -0.383 e. The SMILES string of the molecule is CC1CC(COP)OC1n1ccc2c(N)ncnc21. The van der Waals surface area contributed by atoms with Crippen LogP contribution in [0.25, 0.3) is 11.0 Å². The third kappa shape index (κ3) is 2.20. The van der Waals surface area contributed by atoms with Gasteiger partial charge in [0, 0.05) is 21.6 Å². The molecule has 6 nitrogen and oxygen atoms in total. The summed E-state index contributed by atoms with van der Waals surface area (Å²) >= 11 is 0. The fourth-order valence-corrected chi connectivity index (χ4v) is 2.88. The average molecular weight is 280 g/mol. The van der Waals surface area contributed by atoms with Gasteiger partial charge in [-0.2, -0.15) is 0 Å². The molecule has 0 amide bonds. The Bertz CT molecular complexity index is 588. The van der Waals surface area contributed by atoms with Gasteiger partial charge in [0.1, 0.15) is 24.0 Å². The van der Waals surface area contributed by atoms with Crippen LogP contribution in [0.5, 0.6) is 0 Å². The van der Waals surface area contributed by atoms with Crippen molar-refractivity contribution in [3.05, 3.63) is 18.6 Å². The first-order valence-electron chi connectivity index (χ1n) is 6.25. The first-order valence-corrected chi connectivity index (χ1v) is 6.72. The molecule has 2 aromatic rings. The summed E-state index contributed by atoms with van der Waals surface area (Å²) in [5.41, 5.74) is 6.67. The van der Waals surface area contributed by atoms with Crippen molar-refractivity contribution in [1.82, 2.24) is 14.5 Å². The summed E-state index contributed by atoms with van der Waals surface area (Å²) in [5, 5.41) is 0.865. The minimum absolute atomic E-state index is 0.0306. The van der Waals surface area contributed by atoms with Gasteiger partial charge in [-0.15, -0.1) is 0 Å². The van der Waals surface area contributed by atoms with Crippen LogP contribution in [0.4, 0.5) is 5.82 Å². The summed E-state index contributed by atoms with van der Waals surface area (Å²) in [4.78, 5) is 8.31. The Kier molecular flexibility index (Phi) is 3.39. The first kappa shape index (κ1) is 12.8. The molecule has 3 heterocycles. The maximum atomic E-state index is 6.03. The molecule has 4 atom stereocenters. The van der Waals surface area contributed by atoms with Crippen LogP contribution in [0.2, 0.25) is 0 Å². The van der Waals surface area contributed by atoms with E-state index in [0.29, 0.717) is 18.3 Å². The summed E-state index contributed by atoms with van der Waals surface area (Å²) in [5.74, 6) is 0.899. The van der Waals surface area contributed by atoms with Gasteiger partial charge < -0.3 is 19.6 Å². The Morgan fingerprint density at radius 2 is 2.42 bits per heavy atom. The molecular weight excluding hydrogens is 263 g/mol. The van der Waals surface area contributed by atoms with E-state index in [1.807, 2.05) is 16.8 Å². The second kappa shape index (κ2) is 5.04.